The summed E-state index contributed by atoms with van der Waals surface area (Å²) in [6, 6.07) is 13.1. The summed E-state index contributed by atoms with van der Waals surface area (Å²) in [7, 11) is 0. The van der Waals surface area contributed by atoms with Gasteiger partial charge in [0.1, 0.15) is 18.1 Å². The molecule has 0 bridgehead atoms. The quantitative estimate of drug-likeness (QED) is 0.602. The summed E-state index contributed by atoms with van der Waals surface area (Å²) in [4.78, 5) is 36.8. The first kappa shape index (κ1) is 17.0. The van der Waals surface area contributed by atoms with Crippen LogP contribution >= 0.6 is 11.8 Å². The zero-order valence-corrected chi connectivity index (χ0v) is 14.2. The van der Waals surface area contributed by atoms with Crippen molar-refractivity contribution in [1.29, 1.82) is 0 Å². The maximum atomic E-state index is 12.3. The number of furan rings is 1. The predicted molar refractivity (Wildman–Crippen MR) is 93.5 cm³/mol. The Kier molecular flexibility index (Phi) is 5.04. The molecule has 25 heavy (non-hydrogen) atoms. The van der Waals surface area contributed by atoms with Gasteiger partial charge in [0.25, 0.3) is 11.1 Å². The molecule has 0 aliphatic carbocycles. The first-order chi connectivity index (χ1) is 12.1. The second-order valence-corrected chi connectivity index (χ2v) is 6.13. The molecule has 6 nitrogen and oxygen atoms in total. The molecule has 1 aromatic carbocycles. The Labute approximate surface area is 148 Å². The largest absolute Gasteiger partial charge is 0.465 e. The van der Waals surface area contributed by atoms with Gasteiger partial charge in [-0.3, -0.25) is 19.3 Å². The lowest BCUT2D eigenvalue weighted by molar-refractivity contribution is -0.145. The van der Waals surface area contributed by atoms with Gasteiger partial charge in [-0.05, 0) is 30.8 Å². The monoisotopic (exact) mass is 357 g/mol. The molecule has 1 fully saturated rings. The fourth-order valence-electron chi connectivity index (χ4n) is 2.29. The molecular formula is C18H15NO5S. The summed E-state index contributed by atoms with van der Waals surface area (Å²) in [6.07, 6.45) is 1.50. The lowest BCUT2D eigenvalue weighted by Gasteiger charge is -2.10. The molecule has 2 amide bonds. The van der Waals surface area contributed by atoms with Gasteiger partial charge in [-0.2, -0.15) is 0 Å². The van der Waals surface area contributed by atoms with E-state index in [-0.39, 0.29) is 18.1 Å². The average molecular weight is 357 g/mol. The van der Waals surface area contributed by atoms with E-state index in [9.17, 15) is 14.4 Å². The highest BCUT2D eigenvalue weighted by Crippen LogP contribution is 2.33. The van der Waals surface area contributed by atoms with Crippen molar-refractivity contribution in [3.63, 3.8) is 0 Å². The summed E-state index contributed by atoms with van der Waals surface area (Å²) in [6.45, 7) is 1.47. The van der Waals surface area contributed by atoms with Crippen LogP contribution in [0.25, 0.3) is 17.4 Å². The average Bonchev–Trinajstić information content (AvgIpc) is 3.17. The molecule has 1 aromatic heterocycles. The Morgan fingerprint density at radius 2 is 1.96 bits per heavy atom. The molecule has 0 unspecified atom stereocenters. The molecule has 0 N–H and O–H groups in total. The molecule has 3 rings (SSSR count). The first-order valence-corrected chi connectivity index (χ1v) is 8.46. The van der Waals surface area contributed by atoms with Crippen LogP contribution in [-0.2, 0) is 14.3 Å². The van der Waals surface area contributed by atoms with Crippen LogP contribution in [0.1, 0.15) is 12.7 Å². The van der Waals surface area contributed by atoms with Crippen molar-refractivity contribution >= 4 is 35.0 Å². The Hall–Kier alpha value is -2.80. The number of nitrogens with zero attached hydrogens (tertiary/aromatic N) is 1. The van der Waals surface area contributed by atoms with Gasteiger partial charge in [0.15, 0.2) is 0 Å². The normalized spacial score (nSPS) is 15.9. The highest BCUT2D eigenvalue weighted by molar-refractivity contribution is 8.18. The number of ether oxygens (including phenoxy) is 1. The van der Waals surface area contributed by atoms with Crippen molar-refractivity contribution in [3.8, 4) is 11.3 Å². The van der Waals surface area contributed by atoms with E-state index < -0.39 is 17.1 Å². The number of thioether (sulfide) groups is 1. The molecule has 0 radical (unpaired) electrons. The molecule has 128 valence electrons. The smallest absolute Gasteiger partial charge is 0.326 e. The molecule has 7 heteroatoms. The van der Waals surface area contributed by atoms with Crippen molar-refractivity contribution < 1.29 is 23.5 Å². The lowest BCUT2D eigenvalue weighted by Crippen LogP contribution is -2.34. The Balaban J connectivity index is 1.76. The highest BCUT2D eigenvalue weighted by atomic mass is 32.2. The van der Waals surface area contributed by atoms with Gasteiger partial charge in [-0.1, -0.05) is 30.3 Å². The number of amides is 2. The fourth-order valence-corrected chi connectivity index (χ4v) is 3.11. The van der Waals surface area contributed by atoms with Gasteiger partial charge in [0, 0.05) is 11.6 Å². The van der Waals surface area contributed by atoms with Crippen LogP contribution in [0.5, 0.6) is 0 Å². The second-order valence-electron chi connectivity index (χ2n) is 5.14. The van der Waals surface area contributed by atoms with Crippen molar-refractivity contribution in [3.05, 3.63) is 53.1 Å². The number of carbonyl (C=O) groups excluding carboxylic acids is 3. The predicted octanol–water partition coefficient (Wildman–Crippen LogP) is 3.55. The maximum absolute atomic E-state index is 12.3. The summed E-state index contributed by atoms with van der Waals surface area (Å²) in [5, 5.41) is -0.501. The maximum Gasteiger partial charge on any atom is 0.326 e. The van der Waals surface area contributed by atoms with Crippen LogP contribution in [0.3, 0.4) is 0 Å². The van der Waals surface area contributed by atoms with Gasteiger partial charge < -0.3 is 9.15 Å². The third-order valence-corrected chi connectivity index (χ3v) is 4.33. The Bertz CT molecular complexity index is 840. The second kappa shape index (κ2) is 7.40. The summed E-state index contributed by atoms with van der Waals surface area (Å²) >= 11 is 0.773. The standard InChI is InChI=1S/C18H15NO5S/c1-2-23-16(20)11-19-17(21)15(25-18(19)22)10-13-8-9-14(24-13)12-6-4-3-5-7-12/h3-10H,2,11H2,1H3/b15-10-. The van der Waals surface area contributed by atoms with E-state index >= 15 is 0 Å². The zero-order valence-electron chi connectivity index (χ0n) is 13.4. The number of hydrogen-bond donors (Lipinski definition) is 0. The van der Waals surface area contributed by atoms with Gasteiger partial charge in [0.05, 0.1) is 11.5 Å². The molecule has 0 atom stereocenters. The topological polar surface area (TPSA) is 76.8 Å². The molecule has 2 aromatic rings. The SMILES string of the molecule is CCOC(=O)CN1C(=O)S/C(=C\c2ccc(-c3ccccc3)o2)C1=O. The van der Waals surface area contributed by atoms with Crippen molar-refractivity contribution in [2.45, 2.75) is 6.92 Å². The zero-order chi connectivity index (χ0) is 17.8. The number of carbonyl (C=O) groups is 3. The van der Waals surface area contributed by atoms with E-state index in [1.807, 2.05) is 30.3 Å². The molecule has 1 aliphatic rings. The van der Waals surface area contributed by atoms with Crippen LogP contribution in [-0.4, -0.2) is 35.2 Å². The minimum Gasteiger partial charge on any atom is -0.465 e. The number of esters is 1. The van der Waals surface area contributed by atoms with E-state index in [2.05, 4.69) is 0 Å². The third kappa shape index (κ3) is 3.83. The number of hydrogen-bond acceptors (Lipinski definition) is 6. The van der Waals surface area contributed by atoms with E-state index in [1.54, 1.807) is 19.1 Å². The molecule has 2 heterocycles. The van der Waals surface area contributed by atoms with Gasteiger partial charge in [-0.25, -0.2) is 0 Å². The molecule has 1 saturated heterocycles. The van der Waals surface area contributed by atoms with E-state index in [1.165, 1.54) is 6.08 Å². The Morgan fingerprint density at radius 3 is 2.68 bits per heavy atom. The van der Waals surface area contributed by atoms with Crippen LogP contribution < -0.4 is 0 Å². The molecule has 1 aliphatic heterocycles. The fraction of sp³-hybridized carbons (Fsp3) is 0.167. The molecule has 0 spiro atoms. The van der Waals surface area contributed by atoms with Crippen molar-refractivity contribution in [1.82, 2.24) is 4.90 Å². The van der Waals surface area contributed by atoms with Crippen molar-refractivity contribution in [2.24, 2.45) is 0 Å². The van der Waals surface area contributed by atoms with Crippen LogP contribution in [0.2, 0.25) is 0 Å². The molecular weight excluding hydrogens is 342 g/mol. The lowest BCUT2D eigenvalue weighted by atomic mass is 10.2. The van der Waals surface area contributed by atoms with Gasteiger partial charge in [0.2, 0.25) is 0 Å². The van der Waals surface area contributed by atoms with Crippen LogP contribution in [0.4, 0.5) is 4.79 Å². The van der Waals surface area contributed by atoms with E-state index in [4.69, 9.17) is 9.15 Å². The van der Waals surface area contributed by atoms with Crippen LogP contribution in [0, 0.1) is 0 Å². The summed E-state index contributed by atoms with van der Waals surface area (Å²) < 4.78 is 10.5. The first-order valence-electron chi connectivity index (χ1n) is 7.64. The van der Waals surface area contributed by atoms with E-state index in [0.717, 1.165) is 22.2 Å². The van der Waals surface area contributed by atoms with Gasteiger partial charge >= 0.3 is 5.97 Å². The summed E-state index contributed by atoms with van der Waals surface area (Å²) in [5.41, 5.74) is 0.914. The number of imide groups is 1. The van der Waals surface area contributed by atoms with Crippen molar-refractivity contribution in [2.75, 3.05) is 13.2 Å². The minimum atomic E-state index is -0.615. The highest BCUT2D eigenvalue weighted by Gasteiger charge is 2.36. The minimum absolute atomic E-state index is 0.194. The van der Waals surface area contributed by atoms with E-state index in [0.29, 0.717) is 11.5 Å². The molecule has 0 saturated carbocycles. The Morgan fingerprint density at radius 1 is 1.20 bits per heavy atom. The number of rotatable bonds is 5. The third-order valence-electron chi connectivity index (χ3n) is 3.42. The van der Waals surface area contributed by atoms with Gasteiger partial charge in [-0.15, -0.1) is 0 Å². The summed E-state index contributed by atoms with van der Waals surface area (Å²) in [5.74, 6) is -0.0192. The number of benzene rings is 1. The van der Waals surface area contributed by atoms with Crippen LogP contribution in [0.15, 0.2) is 51.8 Å².